The summed E-state index contributed by atoms with van der Waals surface area (Å²) in [4.78, 5) is 62.2. The van der Waals surface area contributed by atoms with Crippen molar-refractivity contribution in [1.82, 2.24) is 10.6 Å². The highest BCUT2D eigenvalue weighted by Crippen LogP contribution is 2.20. The first-order valence-corrected chi connectivity index (χ1v) is 14.7. The number of carbonyl (C=O) groups excluding carboxylic acids is 5. The molecule has 0 aromatic heterocycles. The minimum absolute atomic E-state index is 0.0534. The number of nitrogens with two attached hydrogens (primary N) is 1. The fourth-order valence-electron chi connectivity index (χ4n) is 4.13. The van der Waals surface area contributed by atoms with Crippen LogP contribution < -0.4 is 21.7 Å². The number of esters is 1. The molecule has 0 saturated heterocycles. The molecule has 4 amide bonds. The number of ether oxygens (including phenoxy) is 1. The van der Waals surface area contributed by atoms with Gasteiger partial charge in [0.05, 0.1) is 11.5 Å². The molecule has 0 radical (unpaired) electrons. The SMILES string of the molecule is CCCCCCC(=O)N[C@H](C(=O)C[C@@H](CCCNC(N)=O)C(=O)Nc1ccc(COC(=O)C(C)(C)C)cc1)C(C)C. The monoisotopic (exact) mass is 574 g/mol. The minimum Gasteiger partial charge on any atom is -0.460 e. The number of rotatable bonds is 18. The minimum atomic E-state index is -0.692. The number of carbonyl (C=O) groups is 5. The van der Waals surface area contributed by atoms with Crippen molar-refractivity contribution in [3.8, 4) is 0 Å². The lowest BCUT2D eigenvalue weighted by atomic mass is 9.89. The molecular formula is C31H50N4O6. The van der Waals surface area contributed by atoms with Crippen LogP contribution in [-0.4, -0.2) is 42.2 Å². The highest BCUT2D eigenvalue weighted by molar-refractivity contribution is 5.97. The number of hydrogen-bond donors (Lipinski definition) is 4. The Morgan fingerprint density at radius 1 is 0.951 bits per heavy atom. The predicted octanol–water partition coefficient (Wildman–Crippen LogP) is 4.85. The Balaban J connectivity index is 2.88. The summed E-state index contributed by atoms with van der Waals surface area (Å²) in [6.07, 6.45) is 4.98. The number of nitrogens with one attached hydrogen (secondary N) is 3. The molecule has 1 rings (SSSR count). The Bertz CT molecular complexity index is 1000. The Kier molecular flexibility index (Phi) is 15.7. The van der Waals surface area contributed by atoms with Crippen molar-refractivity contribution in [2.24, 2.45) is 23.0 Å². The van der Waals surface area contributed by atoms with E-state index in [0.29, 0.717) is 24.9 Å². The fraction of sp³-hybridized carbons (Fsp3) is 0.645. The molecule has 2 atom stereocenters. The maximum absolute atomic E-state index is 13.3. The number of anilines is 1. The fourth-order valence-corrected chi connectivity index (χ4v) is 4.13. The molecule has 10 heteroatoms. The van der Waals surface area contributed by atoms with Crippen LogP contribution in [0.25, 0.3) is 0 Å². The van der Waals surface area contributed by atoms with E-state index < -0.39 is 23.4 Å². The molecule has 1 aromatic rings. The van der Waals surface area contributed by atoms with Gasteiger partial charge in [0.15, 0.2) is 5.78 Å². The smallest absolute Gasteiger partial charge is 0.312 e. The van der Waals surface area contributed by atoms with Gasteiger partial charge in [-0.3, -0.25) is 19.2 Å². The topological polar surface area (TPSA) is 157 Å². The average molecular weight is 575 g/mol. The molecule has 10 nitrogen and oxygen atoms in total. The quantitative estimate of drug-likeness (QED) is 0.145. The van der Waals surface area contributed by atoms with Crippen LogP contribution >= 0.6 is 0 Å². The van der Waals surface area contributed by atoms with Crippen LogP contribution in [0, 0.1) is 17.3 Å². The maximum Gasteiger partial charge on any atom is 0.312 e. The predicted molar refractivity (Wildman–Crippen MR) is 160 cm³/mol. The van der Waals surface area contributed by atoms with E-state index in [4.69, 9.17) is 10.5 Å². The number of primary amides is 1. The summed E-state index contributed by atoms with van der Waals surface area (Å²) in [7, 11) is 0. The Hall–Kier alpha value is -3.43. The molecule has 0 bridgehead atoms. The highest BCUT2D eigenvalue weighted by Gasteiger charge is 2.29. The van der Waals surface area contributed by atoms with Crippen LogP contribution in [0.2, 0.25) is 0 Å². The standard InChI is InChI=1S/C31H50N4O6/c1-7-8-9-10-13-26(37)35-27(21(2)3)25(36)19-23(12-11-18-33-30(32)40)28(38)34-24-16-14-22(15-17-24)20-41-29(39)31(4,5)6/h14-17,21,23,27H,7-13,18-20H2,1-6H3,(H,34,38)(H,35,37)(H3,32,33,40)/t23-,27+/m1/s1. The van der Waals surface area contributed by atoms with Crippen LogP contribution in [0.15, 0.2) is 24.3 Å². The first kappa shape index (κ1) is 35.6. The van der Waals surface area contributed by atoms with E-state index in [1.807, 2.05) is 13.8 Å². The number of benzene rings is 1. The molecule has 5 N–H and O–H groups in total. The van der Waals surface area contributed by atoms with Crippen LogP contribution in [0.5, 0.6) is 0 Å². The molecule has 0 unspecified atom stereocenters. The highest BCUT2D eigenvalue weighted by atomic mass is 16.5. The van der Waals surface area contributed by atoms with Gasteiger partial charge in [-0.25, -0.2) is 4.79 Å². The molecule has 0 aliphatic rings. The molecular weight excluding hydrogens is 524 g/mol. The Morgan fingerprint density at radius 2 is 1.61 bits per heavy atom. The van der Waals surface area contributed by atoms with Gasteiger partial charge in [-0.2, -0.15) is 0 Å². The normalized spacial score (nSPS) is 12.8. The van der Waals surface area contributed by atoms with Gasteiger partial charge < -0.3 is 26.4 Å². The third-order valence-corrected chi connectivity index (χ3v) is 6.64. The second-order valence-corrected chi connectivity index (χ2v) is 11.9. The first-order chi connectivity index (χ1) is 19.2. The molecule has 0 aliphatic heterocycles. The van der Waals surface area contributed by atoms with Crippen molar-refractivity contribution >= 4 is 35.3 Å². The van der Waals surface area contributed by atoms with E-state index in [1.54, 1.807) is 45.0 Å². The number of unbranched alkanes of at least 4 members (excludes halogenated alkanes) is 3. The lowest BCUT2D eigenvalue weighted by Gasteiger charge is -2.24. The second kappa shape index (κ2) is 18.1. The molecule has 230 valence electrons. The van der Waals surface area contributed by atoms with Crippen molar-refractivity contribution in [2.75, 3.05) is 11.9 Å². The molecule has 41 heavy (non-hydrogen) atoms. The van der Waals surface area contributed by atoms with Crippen LogP contribution in [-0.2, 0) is 30.5 Å². The molecule has 0 heterocycles. The van der Waals surface area contributed by atoms with Crippen molar-refractivity contribution < 1.29 is 28.7 Å². The zero-order valence-corrected chi connectivity index (χ0v) is 25.6. The number of ketones is 1. The van der Waals surface area contributed by atoms with E-state index in [0.717, 1.165) is 31.2 Å². The average Bonchev–Trinajstić information content (AvgIpc) is 2.89. The van der Waals surface area contributed by atoms with Crippen LogP contribution in [0.3, 0.4) is 0 Å². The van der Waals surface area contributed by atoms with Crippen molar-refractivity contribution in [2.45, 2.75) is 106 Å². The lowest BCUT2D eigenvalue weighted by molar-refractivity contribution is -0.154. The maximum atomic E-state index is 13.3. The van der Waals surface area contributed by atoms with Gasteiger partial charge in [-0.1, -0.05) is 52.2 Å². The van der Waals surface area contributed by atoms with Gasteiger partial charge in [0.2, 0.25) is 11.8 Å². The third-order valence-electron chi connectivity index (χ3n) is 6.64. The molecule has 0 aliphatic carbocycles. The van der Waals surface area contributed by atoms with E-state index in [1.165, 1.54) is 0 Å². The van der Waals surface area contributed by atoms with Crippen molar-refractivity contribution in [3.63, 3.8) is 0 Å². The molecule has 1 aromatic carbocycles. The summed E-state index contributed by atoms with van der Waals surface area (Å²) in [6, 6.07) is 5.59. The lowest BCUT2D eigenvalue weighted by Crippen LogP contribution is -2.45. The summed E-state index contributed by atoms with van der Waals surface area (Å²) in [5.41, 5.74) is 5.85. The number of Topliss-reactive ketones (excluding diaryl/α,β-unsaturated/α-hetero) is 1. The van der Waals surface area contributed by atoms with Gasteiger partial charge in [0.1, 0.15) is 6.61 Å². The van der Waals surface area contributed by atoms with Gasteiger partial charge in [-0.15, -0.1) is 0 Å². The molecule has 0 saturated carbocycles. The Morgan fingerprint density at radius 3 is 2.17 bits per heavy atom. The van der Waals surface area contributed by atoms with E-state index in [-0.39, 0.29) is 49.1 Å². The summed E-state index contributed by atoms with van der Waals surface area (Å²) in [6.45, 7) is 11.6. The number of hydrogen-bond acceptors (Lipinski definition) is 6. The Labute approximate surface area is 244 Å². The molecule has 0 fully saturated rings. The summed E-state index contributed by atoms with van der Waals surface area (Å²) >= 11 is 0. The number of urea groups is 1. The van der Waals surface area contributed by atoms with Crippen LogP contribution in [0.1, 0.15) is 98.5 Å². The summed E-state index contributed by atoms with van der Waals surface area (Å²) < 4.78 is 5.34. The summed E-state index contributed by atoms with van der Waals surface area (Å²) in [5, 5.41) is 8.24. The molecule has 0 spiro atoms. The van der Waals surface area contributed by atoms with E-state index in [2.05, 4.69) is 22.9 Å². The zero-order chi connectivity index (χ0) is 31.0. The van der Waals surface area contributed by atoms with Gasteiger partial charge in [0.25, 0.3) is 0 Å². The van der Waals surface area contributed by atoms with Gasteiger partial charge in [-0.05, 0) is 63.6 Å². The van der Waals surface area contributed by atoms with E-state index >= 15 is 0 Å². The largest absolute Gasteiger partial charge is 0.460 e. The van der Waals surface area contributed by atoms with Gasteiger partial charge >= 0.3 is 12.0 Å². The summed E-state index contributed by atoms with van der Waals surface area (Å²) in [5.74, 6) is -1.82. The zero-order valence-electron chi connectivity index (χ0n) is 25.6. The van der Waals surface area contributed by atoms with E-state index in [9.17, 15) is 24.0 Å². The number of amides is 4. The van der Waals surface area contributed by atoms with Crippen molar-refractivity contribution in [1.29, 1.82) is 0 Å². The van der Waals surface area contributed by atoms with Crippen molar-refractivity contribution in [3.05, 3.63) is 29.8 Å². The first-order valence-electron chi connectivity index (χ1n) is 14.7. The third kappa shape index (κ3) is 14.7. The van der Waals surface area contributed by atoms with Gasteiger partial charge in [0, 0.05) is 31.0 Å². The second-order valence-electron chi connectivity index (χ2n) is 11.9. The van der Waals surface area contributed by atoms with Crippen LogP contribution in [0.4, 0.5) is 10.5 Å².